The van der Waals surface area contributed by atoms with Gasteiger partial charge in [0, 0.05) is 5.56 Å². The highest BCUT2D eigenvalue weighted by Crippen LogP contribution is 2.46. The molecule has 0 amide bonds. The van der Waals surface area contributed by atoms with Gasteiger partial charge in [0.15, 0.2) is 0 Å². The maximum Gasteiger partial charge on any atom is 0.338 e. The molecule has 0 fully saturated rings. The fraction of sp³-hybridized carbons (Fsp3) is 0.531. The number of rotatable bonds is 10. The van der Waals surface area contributed by atoms with Crippen molar-refractivity contribution in [2.75, 3.05) is 6.61 Å². The summed E-state index contributed by atoms with van der Waals surface area (Å²) in [5.41, 5.74) is 6.49. The van der Waals surface area contributed by atoms with Gasteiger partial charge >= 0.3 is 5.97 Å². The van der Waals surface area contributed by atoms with Gasteiger partial charge in [-0.05, 0) is 92.5 Å². The monoisotopic (exact) mass is 476 g/mol. The van der Waals surface area contributed by atoms with Crippen LogP contribution in [0.1, 0.15) is 119 Å². The van der Waals surface area contributed by atoms with Gasteiger partial charge in [0.05, 0.1) is 12.2 Å². The van der Waals surface area contributed by atoms with E-state index in [1.54, 1.807) is 0 Å². The summed E-state index contributed by atoms with van der Waals surface area (Å²) in [7, 11) is 0. The number of carbonyl (C=O) groups excluding carboxylic acids is 1. The van der Waals surface area contributed by atoms with Crippen molar-refractivity contribution in [3.05, 3.63) is 64.2 Å². The molecule has 3 nitrogen and oxygen atoms in total. The predicted molar refractivity (Wildman–Crippen MR) is 147 cm³/mol. The molecular weight excluding hydrogens is 432 g/mol. The summed E-state index contributed by atoms with van der Waals surface area (Å²) in [5.74, 6) is 0.769. The Bertz CT molecular complexity index is 1040. The topological polar surface area (TPSA) is 35.5 Å². The summed E-state index contributed by atoms with van der Waals surface area (Å²) in [6.07, 6.45) is 10.3. The quantitative estimate of drug-likeness (QED) is 0.195. The zero-order chi connectivity index (χ0) is 25.6. The third-order valence-corrected chi connectivity index (χ3v) is 7.00. The van der Waals surface area contributed by atoms with Crippen molar-refractivity contribution in [1.29, 1.82) is 0 Å². The lowest BCUT2D eigenvalue weighted by Gasteiger charge is -2.43. The molecule has 1 aliphatic rings. The molecule has 1 heterocycles. The van der Waals surface area contributed by atoms with Crippen LogP contribution in [-0.4, -0.2) is 18.2 Å². The summed E-state index contributed by atoms with van der Waals surface area (Å²) in [6.45, 7) is 16.0. The first-order valence-corrected chi connectivity index (χ1v) is 13.3. The average molecular weight is 477 g/mol. The number of benzene rings is 2. The lowest BCUT2D eigenvalue weighted by Crippen LogP contribution is -2.41. The first-order chi connectivity index (χ1) is 16.5. The smallest absolute Gasteiger partial charge is 0.338 e. The van der Waals surface area contributed by atoms with Gasteiger partial charge in [-0.1, -0.05) is 71.1 Å². The van der Waals surface area contributed by atoms with Gasteiger partial charge < -0.3 is 9.47 Å². The fourth-order valence-electron chi connectivity index (χ4n) is 5.39. The number of esters is 1. The lowest BCUT2D eigenvalue weighted by atomic mass is 9.72. The molecule has 0 aliphatic carbocycles. The Balaban J connectivity index is 1.66. The van der Waals surface area contributed by atoms with E-state index in [-0.39, 0.29) is 17.0 Å². The van der Waals surface area contributed by atoms with Crippen LogP contribution < -0.4 is 4.74 Å². The van der Waals surface area contributed by atoms with Crippen LogP contribution >= 0.6 is 0 Å². The molecule has 0 bridgehead atoms. The molecule has 0 unspecified atom stereocenters. The first-order valence-electron chi connectivity index (χ1n) is 13.3. The molecule has 0 saturated carbocycles. The number of fused-ring (bicyclic) bond motifs is 1. The maximum atomic E-state index is 12.4. The SMILES string of the molecule is CCCCCCCCOC(=O)c1ccc(/C=C(\C)c2cc3c(cc2C)OC(C)(C)CC3(C)C)cc1. The van der Waals surface area contributed by atoms with Crippen LogP contribution in [0.4, 0.5) is 0 Å². The minimum atomic E-state index is -0.235. The summed E-state index contributed by atoms with van der Waals surface area (Å²) < 4.78 is 11.8. The molecule has 0 radical (unpaired) electrons. The Kier molecular flexibility index (Phi) is 8.85. The van der Waals surface area contributed by atoms with E-state index in [9.17, 15) is 4.79 Å². The lowest BCUT2D eigenvalue weighted by molar-refractivity contribution is 0.0496. The Morgan fingerprint density at radius 1 is 1.00 bits per heavy atom. The van der Waals surface area contributed by atoms with Gasteiger partial charge in [-0.15, -0.1) is 0 Å². The van der Waals surface area contributed by atoms with Crippen molar-refractivity contribution >= 4 is 17.6 Å². The molecule has 0 spiro atoms. The van der Waals surface area contributed by atoms with Crippen LogP contribution in [0.25, 0.3) is 11.6 Å². The number of hydrogen-bond acceptors (Lipinski definition) is 3. The van der Waals surface area contributed by atoms with Crippen LogP contribution in [0.3, 0.4) is 0 Å². The maximum absolute atomic E-state index is 12.4. The number of ether oxygens (including phenoxy) is 2. The molecule has 0 saturated heterocycles. The zero-order valence-corrected chi connectivity index (χ0v) is 22.9. The van der Waals surface area contributed by atoms with Crippen LogP contribution in [0, 0.1) is 6.92 Å². The van der Waals surface area contributed by atoms with Crippen LogP contribution in [0.15, 0.2) is 36.4 Å². The van der Waals surface area contributed by atoms with Gasteiger partial charge in [0.2, 0.25) is 0 Å². The van der Waals surface area contributed by atoms with E-state index in [0.717, 1.165) is 30.6 Å². The fourth-order valence-corrected chi connectivity index (χ4v) is 5.39. The molecular formula is C32H44O3. The molecule has 0 N–H and O–H groups in total. The zero-order valence-electron chi connectivity index (χ0n) is 22.9. The molecule has 3 heteroatoms. The summed E-state index contributed by atoms with van der Waals surface area (Å²) in [5, 5.41) is 0. The molecule has 35 heavy (non-hydrogen) atoms. The highest BCUT2D eigenvalue weighted by atomic mass is 16.5. The minimum absolute atomic E-state index is 0.0529. The third-order valence-electron chi connectivity index (χ3n) is 7.00. The largest absolute Gasteiger partial charge is 0.488 e. The van der Waals surface area contributed by atoms with Gasteiger partial charge in [0.1, 0.15) is 11.4 Å². The van der Waals surface area contributed by atoms with E-state index < -0.39 is 0 Å². The molecule has 0 atom stereocenters. The van der Waals surface area contributed by atoms with Crippen molar-refractivity contribution in [3.63, 3.8) is 0 Å². The van der Waals surface area contributed by atoms with Gasteiger partial charge in [-0.25, -0.2) is 4.79 Å². The minimum Gasteiger partial charge on any atom is -0.488 e. The van der Waals surface area contributed by atoms with Gasteiger partial charge in [-0.2, -0.15) is 0 Å². The van der Waals surface area contributed by atoms with E-state index in [2.05, 4.69) is 66.7 Å². The number of hydrogen-bond donors (Lipinski definition) is 0. The normalized spacial score (nSPS) is 16.4. The number of unbranched alkanes of at least 4 members (excludes halogenated alkanes) is 5. The van der Waals surface area contributed by atoms with E-state index in [0.29, 0.717) is 12.2 Å². The number of carbonyl (C=O) groups is 1. The Labute approximate surface area is 212 Å². The highest BCUT2D eigenvalue weighted by molar-refractivity contribution is 5.90. The number of aryl methyl sites for hydroxylation is 1. The van der Waals surface area contributed by atoms with Crippen molar-refractivity contribution in [2.24, 2.45) is 0 Å². The Morgan fingerprint density at radius 3 is 2.34 bits per heavy atom. The van der Waals surface area contributed by atoms with E-state index in [1.807, 2.05) is 24.3 Å². The summed E-state index contributed by atoms with van der Waals surface area (Å²) in [4.78, 5) is 12.4. The number of allylic oxidation sites excluding steroid dienone is 1. The Morgan fingerprint density at radius 2 is 1.66 bits per heavy atom. The van der Waals surface area contributed by atoms with Crippen molar-refractivity contribution in [1.82, 2.24) is 0 Å². The second-order valence-electron chi connectivity index (χ2n) is 11.4. The summed E-state index contributed by atoms with van der Waals surface area (Å²) >= 11 is 0. The van der Waals surface area contributed by atoms with Crippen LogP contribution in [0.5, 0.6) is 5.75 Å². The molecule has 2 aromatic carbocycles. The third kappa shape index (κ3) is 7.22. The van der Waals surface area contributed by atoms with Gasteiger partial charge in [0.25, 0.3) is 0 Å². The standard InChI is InChI=1S/C32H44O3/c1-8-9-10-11-12-13-18-34-30(33)26-16-14-25(15-17-26)19-23(2)27-21-28-29(20-24(27)3)35-32(6,7)22-31(28,4)5/h14-17,19-21H,8-13,18,22H2,1-7H3/b23-19+. The first kappa shape index (κ1) is 27.0. The summed E-state index contributed by atoms with van der Waals surface area (Å²) in [6, 6.07) is 12.2. The Hall–Kier alpha value is -2.55. The average Bonchev–Trinajstić information content (AvgIpc) is 2.77. The van der Waals surface area contributed by atoms with E-state index in [4.69, 9.17) is 9.47 Å². The highest BCUT2D eigenvalue weighted by Gasteiger charge is 2.39. The van der Waals surface area contributed by atoms with Crippen LogP contribution in [0.2, 0.25) is 0 Å². The van der Waals surface area contributed by atoms with E-state index >= 15 is 0 Å². The molecule has 3 rings (SSSR count). The second-order valence-corrected chi connectivity index (χ2v) is 11.4. The van der Waals surface area contributed by atoms with Gasteiger partial charge in [-0.3, -0.25) is 0 Å². The molecule has 2 aromatic rings. The van der Waals surface area contributed by atoms with Crippen LogP contribution in [-0.2, 0) is 10.2 Å². The van der Waals surface area contributed by atoms with Crippen molar-refractivity contribution in [3.8, 4) is 5.75 Å². The second kappa shape index (κ2) is 11.5. The van der Waals surface area contributed by atoms with Crippen molar-refractivity contribution in [2.45, 2.75) is 104 Å². The van der Waals surface area contributed by atoms with E-state index in [1.165, 1.54) is 47.9 Å². The molecule has 1 aliphatic heterocycles. The predicted octanol–water partition coefficient (Wildman–Crippen LogP) is 8.91. The molecule has 0 aromatic heterocycles. The van der Waals surface area contributed by atoms with Crippen molar-refractivity contribution < 1.29 is 14.3 Å². The molecule has 190 valence electrons.